The molecular weight excluding hydrogens is 362 g/mol. The summed E-state index contributed by atoms with van der Waals surface area (Å²) in [6.07, 6.45) is 1.07. The van der Waals surface area contributed by atoms with Crippen molar-refractivity contribution in [1.82, 2.24) is 9.21 Å². The molecular formula is C20H25N3O3S. The molecule has 6 nitrogen and oxygen atoms in total. The first-order valence-electron chi connectivity index (χ1n) is 9.12. The highest BCUT2D eigenvalue weighted by molar-refractivity contribution is 7.89. The molecule has 1 heterocycles. The zero-order valence-corrected chi connectivity index (χ0v) is 16.0. The summed E-state index contributed by atoms with van der Waals surface area (Å²) in [6.45, 7) is 1.55. The Hall–Kier alpha value is -2.22. The summed E-state index contributed by atoms with van der Waals surface area (Å²) < 4.78 is 27.0. The molecule has 1 fully saturated rings. The van der Waals surface area contributed by atoms with E-state index in [-0.39, 0.29) is 17.3 Å². The van der Waals surface area contributed by atoms with Crippen molar-refractivity contribution in [2.24, 2.45) is 5.73 Å². The number of benzene rings is 2. The van der Waals surface area contributed by atoms with Gasteiger partial charge < -0.3 is 10.6 Å². The Morgan fingerprint density at radius 2 is 1.56 bits per heavy atom. The van der Waals surface area contributed by atoms with Gasteiger partial charge in [0.15, 0.2) is 0 Å². The van der Waals surface area contributed by atoms with Crippen molar-refractivity contribution in [3.63, 3.8) is 0 Å². The van der Waals surface area contributed by atoms with Crippen molar-refractivity contribution >= 4 is 15.9 Å². The number of nitrogens with two attached hydrogens (primary N) is 1. The smallest absolute Gasteiger partial charge is 0.243 e. The van der Waals surface area contributed by atoms with Crippen LogP contribution in [0.5, 0.6) is 0 Å². The molecule has 0 spiro atoms. The molecule has 2 N–H and O–H groups in total. The molecule has 0 radical (unpaired) electrons. The van der Waals surface area contributed by atoms with E-state index in [1.54, 1.807) is 35.2 Å². The van der Waals surface area contributed by atoms with E-state index in [0.29, 0.717) is 32.5 Å². The lowest BCUT2D eigenvalue weighted by molar-refractivity contribution is -0.132. The molecule has 7 heteroatoms. The molecule has 0 saturated carbocycles. The molecule has 27 heavy (non-hydrogen) atoms. The topological polar surface area (TPSA) is 83.7 Å². The summed E-state index contributed by atoms with van der Waals surface area (Å²) in [5.41, 5.74) is 7.13. The van der Waals surface area contributed by atoms with Crippen molar-refractivity contribution < 1.29 is 13.2 Å². The Labute approximate surface area is 160 Å². The van der Waals surface area contributed by atoms with E-state index >= 15 is 0 Å². The monoisotopic (exact) mass is 387 g/mol. The van der Waals surface area contributed by atoms with E-state index in [1.165, 1.54) is 4.31 Å². The van der Waals surface area contributed by atoms with E-state index in [1.807, 2.05) is 30.3 Å². The van der Waals surface area contributed by atoms with Gasteiger partial charge >= 0.3 is 0 Å². The summed E-state index contributed by atoms with van der Waals surface area (Å²) in [6, 6.07) is 17.4. The number of sulfonamides is 1. The molecule has 1 aliphatic rings. The number of nitrogens with zero attached hydrogens (tertiary/aromatic N) is 2. The second-order valence-electron chi connectivity index (χ2n) is 6.69. The lowest BCUT2D eigenvalue weighted by atomic mass is 10.1. The zero-order chi connectivity index (χ0) is 19.3. The predicted molar refractivity (Wildman–Crippen MR) is 105 cm³/mol. The van der Waals surface area contributed by atoms with Gasteiger partial charge in [-0.3, -0.25) is 4.79 Å². The van der Waals surface area contributed by atoms with Crippen molar-refractivity contribution in [3.8, 4) is 0 Å². The zero-order valence-electron chi connectivity index (χ0n) is 15.2. The molecule has 1 atom stereocenters. The number of amides is 1. The van der Waals surface area contributed by atoms with Crippen LogP contribution in [0.4, 0.5) is 0 Å². The SMILES string of the molecule is N[C@@H](Cc1ccccc1)C(=O)N1CCCN(S(=O)(=O)c2ccccc2)CC1. The molecule has 0 aliphatic carbocycles. The van der Waals surface area contributed by atoms with Gasteiger partial charge in [-0.25, -0.2) is 8.42 Å². The van der Waals surface area contributed by atoms with Crippen LogP contribution < -0.4 is 5.73 Å². The summed E-state index contributed by atoms with van der Waals surface area (Å²) in [5.74, 6) is -0.127. The molecule has 1 saturated heterocycles. The van der Waals surface area contributed by atoms with Gasteiger partial charge in [-0.05, 0) is 30.5 Å². The van der Waals surface area contributed by atoms with E-state index < -0.39 is 16.1 Å². The maximum absolute atomic E-state index is 12.8. The maximum Gasteiger partial charge on any atom is 0.243 e. The molecule has 3 rings (SSSR count). The molecule has 1 aliphatic heterocycles. The van der Waals surface area contributed by atoms with Crippen molar-refractivity contribution in [3.05, 3.63) is 66.2 Å². The second kappa shape index (κ2) is 8.65. The standard InChI is InChI=1S/C20H25N3O3S/c21-19(16-17-8-3-1-4-9-17)20(24)22-12-7-13-23(15-14-22)27(25,26)18-10-5-2-6-11-18/h1-6,8-11,19H,7,12-16,21H2/t19-/m0/s1. The molecule has 0 unspecified atom stereocenters. The maximum atomic E-state index is 12.8. The van der Waals surface area contributed by atoms with Crippen LogP contribution in [0, 0.1) is 0 Å². The molecule has 2 aromatic rings. The van der Waals surface area contributed by atoms with Gasteiger partial charge in [-0.1, -0.05) is 48.5 Å². The van der Waals surface area contributed by atoms with E-state index in [4.69, 9.17) is 5.73 Å². The molecule has 144 valence electrons. The Morgan fingerprint density at radius 3 is 2.22 bits per heavy atom. The number of carbonyl (C=O) groups is 1. The third kappa shape index (κ3) is 4.74. The van der Waals surface area contributed by atoms with E-state index in [9.17, 15) is 13.2 Å². The molecule has 0 bridgehead atoms. The Morgan fingerprint density at radius 1 is 0.926 bits per heavy atom. The van der Waals surface area contributed by atoms with Gasteiger partial charge in [-0.15, -0.1) is 0 Å². The summed E-state index contributed by atoms with van der Waals surface area (Å²) in [5, 5.41) is 0. The van der Waals surface area contributed by atoms with Crippen LogP contribution in [0.1, 0.15) is 12.0 Å². The van der Waals surface area contributed by atoms with Crippen LogP contribution >= 0.6 is 0 Å². The van der Waals surface area contributed by atoms with Gasteiger partial charge in [-0.2, -0.15) is 4.31 Å². The van der Waals surface area contributed by atoms with Gasteiger partial charge in [0.1, 0.15) is 0 Å². The lowest BCUT2D eigenvalue weighted by Gasteiger charge is -2.24. The first-order valence-corrected chi connectivity index (χ1v) is 10.6. The van der Waals surface area contributed by atoms with Crippen molar-refractivity contribution in [1.29, 1.82) is 0 Å². The highest BCUT2D eigenvalue weighted by atomic mass is 32.2. The average Bonchev–Trinajstić information content (AvgIpc) is 2.95. The van der Waals surface area contributed by atoms with E-state index in [2.05, 4.69) is 0 Å². The van der Waals surface area contributed by atoms with Crippen LogP contribution in [0.25, 0.3) is 0 Å². The van der Waals surface area contributed by atoms with Crippen LogP contribution in [-0.2, 0) is 21.2 Å². The minimum absolute atomic E-state index is 0.127. The first-order chi connectivity index (χ1) is 13.0. The van der Waals surface area contributed by atoms with E-state index in [0.717, 1.165) is 5.56 Å². The van der Waals surface area contributed by atoms with Crippen LogP contribution in [0.3, 0.4) is 0 Å². The van der Waals surface area contributed by atoms with Crippen LogP contribution in [-0.4, -0.2) is 55.8 Å². The fourth-order valence-electron chi connectivity index (χ4n) is 3.29. The minimum Gasteiger partial charge on any atom is -0.340 e. The van der Waals surface area contributed by atoms with Gasteiger partial charge in [0.2, 0.25) is 15.9 Å². The summed E-state index contributed by atoms with van der Waals surface area (Å²) in [4.78, 5) is 14.7. The third-order valence-electron chi connectivity index (χ3n) is 4.76. The fraction of sp³-hybridized carbons (Fsp3) is 0.350. The van der Waals surface area contributed by atoms with Crippen molar-refractivity contribution in [2.75, 3.05) is 26.2 Å². The fourth-order valence-corrected chi connectivity index (χ4v) is 4.78. The normalized spacial score (nSPS) is 17.3. The second-order valence-corrected chi connectivity index (χ2v) is 8.63. The Bertz CT molecular complexity index is 857. The first kappa shape index (κ1) is 19.5. The molecule has 1 amide bonds. The highest BCUT2D eigenvalue weighted by Crippen LogP contribution is 2.17. The average molecular weight is 388 g/mol. The van der Waals surface area contributed by atoms with Gasteiger partial charge in [0, 0.05) is 26.2 Å². The highest BCUT2D eigenvalue weighted by Gasteiger charge is 2.29. The van der Waals surface area contributed by atoms with Crippen LogP contribution in [0.2, 0.25) is 0 Å². The lowest BCUT2D eigenvalue weighted by Crippen LogP contribution is -2.46. The number of hydrogen-bond donors (Lipinski definition) is 1. The molecule has 2 aromatic carbocycles. The minimum atomic E-state index is -3.54. The van der Waals surface area contributed by atoms with Crippen molar-refractivity contribution in [2.45, 2.75) is 23.8 Å². The number of hydrogen-bond acceptors (Lipinski definition) is 4. The van der Waals surface area contributed by atoms with Gasteiger partial charge in [0.05, 0.1) is 10.9 Å². The number of rotatable bonds is 5. The predicted octanol–water partition coefficient (Wildman–Crippen LogP) is 1.48. The van der Waals surface area contributed by atoms with Crippen LogP contribution in [0.15, 0.2) is 65.6 Å². The summed E-state index contributed by atoms with van der Waals surface area (Å²) in [7, 11) is -3.54. The molecule has 0 aromatic heterocycles. The quantitative estimate of drug-likeness (QED) is 0.842. The Balaban J connectivity index is 1.63. The number of carbonyl (C=O) groups excluding carboxylic acids is 1. The van der Waals surface area contributed by atoms with Gasteiger partial charge in [0.25, 0.3) is 0 Å². The third-order valence-corrected chi connectivity index (χ3v) is 6.68. The largest absolute Gasteiger partial charge is 0.340 e. The summed E-state index contributed by atoms with van der Waals surface area (Å²) >= 11 is 0. The Kier molecular flexibility index (Phi) is 6.26.